The highest BCUT2D eigenvalue weighted by Gasteiger charge is 2.24. The monoisotopic (exact) mass is 221 g/mol. The molecule has 3 N–H and O–H groups in total. The van der Waals surface area contributed by atoms with Crippen LogP contribution >= 0.6 is 0 Å². The summed E-state index contributed by atoms with van der Waals surface area (Å²) in [5, 5.41) is 9.97. The average Bonchev–Trinajstić information content (AvgIpc) is 2.27. The van der Waals surface area contributed by atoms with Gasteiger partial charge in [0.2, 0.25) is 0 Å². The summed E-state index contributed by atoms with van der Waals surface area (Å²) in [6, 6.07) is 0. The van der Waals surface area contributed by atoms with Crippen LogP contribution < -0.4 is 5.73 Å². The summed E-state index contributed by atoms with van der Waals surface area (Å²) in [5.74, 6) is 1.14. The largest absolute Gasteiger partial charge is 0.388 e. The first-order valence-corrected chi connectivity index (χ1v) is 5.91. The Bertz CT molecular complexity index is 373. The van der Waals surface area contributed by atoms with E-state index in [0.29, 0.717) is 12.5 Å². The number of rotatable bonds is 2. The molecule has 0 bridgehead atoms. The van der Waals surface area contributed by atoms with Crippen molar-refractivity contribution < 1.29 is 5.11 Å². The zero-order chi connectivity index (χ0) is 11.7. The van der Waals surface area contributed by atoms with Crippen LogP contribution in [0.5, 0.6) is 0 Å². The van der Waals surface area contributed by atoms with E-state index in [-0.39, 0.29) is 0 Å². The Morgan fingerprint density at radius 1 is 1.44 bits per heavy atom. The summed E-state index contributed by atoms with van der Waals surface area (Å²) in [7, 11) is 0. The molecule has 0 aromatic carbocycles. The number of nitrogens with two attached hydrogens (primary N) is 1. The minimum atomic E-state index is -0.427. The lowest BCUT2D eigenvalue weighted by Crippen LogP contribution is -2.19. The summed E-state index contributed by atoms with van der Waals surface area (Å²) in [6.45, 7) is 4.52. The number of hydrogen-bond donors (Lipinski definition) is 2. The zero-order valence-electron chi connectivity index (χ0n) is 9.90. The van der Waals surface area contributed by atoms with Crippen molar-refractivity contribution >= 4 is 0 Å². The van der Waals surface area contributed by atoms with E-state index in [2.05, 4.69) is 23.8 Å². The fraction of sp³-hybridized carbons (Fsp3) is 0.667. The van der Waals surface area contributed by atoms with Crippen molar-refractivity contribution in [1.29, 1.82) is 0 Å². The molecule has 0 aliphatic heterocycles. The van der Waals surface area contributed by atoms with E-state index >= 15 is 0 Å². The Hall–Kier alpha value is -1.00. The maximum atomic E-state index is 9.97. The third kappa shape index (κ3) is 1.95. The first kappa shape index (κ1) is 11.5. The Kier molecular flexibility index (Phi) is 3.21. The second-order valence-corrected chi connectivity index (χ2v) is 4.66. The minimum Gasteiger partial charge on any atom is -0.388 e. The molecule has 1 aromatic rings. The van der Waals surface area contributed by atoms with Gasteiger partial charge < -0.3 is 10.8 Å². The van der Waals surface area contributed by atoms with Gasteiger partial charge in [-0.05, 0) is 19.3 Å². The number of hydrogen-bond acceptors (Lipinski definition) is 4. The van der Waals surface area contributed by atoms with Gasteiger partial charge in [0.15, 0.2) is 0 Å². The van der Waals surface area contributed by atoms with Gasteiger partial charge in [-0.1, -0.05) is 13.8 Å². The Morgan fingerprint density at radius 2 is 2.19 bits per heavy atom. The van der Waals surface area contributed by atoms with Crippen molar-refractivity contribution in [2.45, 2.75) is 51.7 Å². The summed E-state index contributed by atoms with van der Waals surface area (Å²) in [6.07, 6.45) is 2.29. The Balaban J connectivity index is 2.53. The minimum absolute atomic E-state index is 0.301. The fourth-order valence-electron chi connectivity index (χ4n) is 2.18. The van der Waals surface area contributed by atoms with Gasteiger partial charge in [-0.25, -0.2) is 9.97 Å². The normalized spacial score (nSPS) is 19.9. The molecule has 88 valence electrons. The first-order chi connectivity index (χ1) is 7.63. The van der Waals surface area contributed by atoms with Crippen molar-refractivity contribution in [3.8, 4) is 0 Å². The van der Waals surface area contributed by atoms with Gasteiger partial charge in [0.25, 0.3) is 0 Å². The molecule has 1 aliphatic rings. The summed E-state index contributed by atoms with van der Waals surface area (Å²) in [5.41, 5.74) is 8.41. The van der Waals surface area contributed by atoms with Crippen molar-refractivity contribution in [3.63, 3.8) is 0 Å². The standard InChI is InChI=1S/C12H19N3O/c1-7(2)12-14-8-4-3-5-10(16)11(8)9(6-13)15-12/h7,10,16H,3-6,13H2,1-2H3. The second kappa shape index (κ2) is 4.47. The second-order valence-electron chi connectivity index (χ2n) is 4.66. The number of aliphatic hydroxyl groups is 1. The molecule has 1 heterocycles. The zero-order valence-corrected chi connectivity index (χ0v) is 9.90. The summed E-state index contributed by atoms with van der Waals surface area (Å²) < 4.78 is 0. The van der Waals surface area contributed by atoms with E-state index in [9.17, 15) is 5.11 Å². The molecule has 0 spiro atoms. The highest BCUT2D eigenvalue weighted by molar-refractivity contribution is 5.31. The molecule has 1 atom stereocenters. The SMILES string of the molecule is CC(C)c1nc(CN)c2c(n1)CCCC2O. The van der Waals surface area contributed by atoms with E-state index in [1.165, 1.54) is 0 Å². The summed E-state index contributed by atoms with van der Waals surface area (Å²) >= 11 is 0. The van der Waals surface area contributed by atoms with Crippen LogP contribution in [0, 0.1) is 0 Å². The van der Waals surface area contributed by atoms with Crippen molar-refractivity contribution in [3.05, 3.63) is 22.8 Å². The van der Waals surface area contributed by atoms with E-state index < -0.39 is 6.10 Å². The maximum Gasteiger partial charge on any atom is 0.131 e. The van der Waals surface area contributed by atoms with E-state index in [0.717, 1.165) is 42.0 Å². The van der Waals surface area contributed by atoms with Crippen LogP contribution in [-0.4, -0.2) is 15.1 Å². The van der Waals surface area contributed by atoms with E-state index in [1.54, 1.807) is 0 Å². The van der Waals surface area contributed by atoms with Crippen LogP contribution in [0.3, 0.4) is 0 Å². The molecule has 1 unspecified atom stereocenters. The molecule has 0 fully saturated rings. The molecule has 0 saturated heterocycles. The molecule has 1 aromatic heterocycles. The van der Waals surface area contributed by atoms with Gasteiger partial charge in [-0.15, -0.1) is 0 Å². The van der Waals surface area contributed by atoms with Gasteiger partial charge in [0.05, 0.1) is 17.5 Å². The molecule has 4 nitrogen and oxygen atoms in total. The van der Waals surface area contributed by atoms with Gasteiger partial charge in [0, 0.05) is 18.0 Å². The van der Waals surface area contributed by atoms with Crippen LogP contribution in [0.1, 0.15) is 61.5 Å². The smallest absolute Gasteiger partial charge is 0.131 e. The molecule has 0 radical (unpaired) electrons. The molecule has 4 heteroatoms. The third-order valence-corrected chi connectivity index (χ3v) is 3.05. The number of aryl methyl sites for hydroxylation is 1. The third-order valence-electron chi connectivity index (χ3n) is 3.05. The predicted molar refractivity (Wildman–Crippen MR) is 61.9 cm³/mol. The Labute approximate surface area is 95.9 Å². The highest BCUT2D eigenvalue weighted by atomic mass is 16.3. The van der Waals surface area contributed by atoms with Gasteiger partial charge in [0.1, 0.15) is 5.82 Å². The average molecular weight is 221 g/mol. The number of fused-ring (bicyclic) bond motifs is 1. The lowest BCUT2D eigenvalue weighted by molar-refractivity contribution is 0.153. The van der Waals surface area contributed by atoms with Crippen LogP contribution in [0.25, 0.3) is 0 Å². The molecule has 16 heavy (non-hydrogen) atoms. The molecular weight excluding hydrogens is 202 g/mol. The highest BCUT2D eigenvalue weighted by Crippen LogP contribution is 2.31. The van der Waals surface area contributed by atoms with E-state index in [4.69, 9.17) is 5.73 Å². The van der Waals surface area contributed by atoms with E-state index in [1.807, 2.05) is 0 Å². The molecule has 0 saturated carbocycles. The quantitative estimate of drug-likeness (QED) is 0.792. The fourth-order valence-corrected chi connectivity index (χ4v) is 2.18. The van der Waals surface area contributed by atoms with Gasteiger partial charge in [-0.2, -0.15) is 0 Å². The maximum absolute atomic E-state index is 9.97. The Morgan fingerprint density at radius 3 is 2.81 bits per heavy atom. The van der Waals surface area contributed by atoms with Crippen LogP contribution in [0.15, 0.2) is 0 Å². The van der Waals surface area contributed by atoms with Gasteiger partial charge >= 0.3 is 0 Å². The van der Waals surface area contributed by atoms with Crippen LogP contribution in [0.2, 0.25) is 0 Å². The van der Waals surface area contributed by atoms with Crippen molar-refractivity contribution in [2.75, 3.05) is 0 Å². The van der Waals surface area contributed by atoms with Crippen LogP contribution in [-0.2, 0) is 13.0 Å². The van der Waals surface area contributed by atoms with Crippen LogP contribution in [0.4, 0.5) is 0 Å². The lowest BCUT2D eigenvalue weighted by atomic mass is 9.91. The topological polar surface area (TPSA) is 72.0 Å². The predicted octanol–water partition coefficient (Wildman–Crippen LogP) is 1.43. The number of nitrogens with zero attached hydrogens (tertiary/aromatic N) is 2. The molecule has 2 rings (SSSR count). The molecule has 1 aliphatic carbocycles. The van der Waals surface area contributed by atoms with Gasteiger partial charge in [-0.3, -0.25) is 0 Å². The van der Waals surface area contributed by atoms with Crippen molar-refractivity contribution in [2.24, 2.45) is 5.73 Å². The first-order valence-electron chi connectivity index (χ1n) is 5.91. The lowest BCUT2D eigenvalue weighted by Gasteiger charge is -2.23. The number of aliphatic hydroxyl groups excluding tert-OH is 1. The molecular formula is C12H19N3O. The molecule has 0 amide bonds. The number of aromatic nitrogens is 2. The van der Waals surface area contributed by atoms with Crippen molar-refractivity contribution in [1.82, 2.24) is 9.97 Å². The summed E-state index contributed by atoms with van der Waals surface area (Å²) in [4.78, 5) is 9.00.